The number of nitro groups is 1. The molecule has 7 heteroatoms. The second-order valence-electron chi connectivity index (χ2n) is 4.61. The van der Waals surface area contributed by atoms with Crippen molar-refractivity contribution in [3.63, 3.8) is 0 Å². The molecule has 1 aliphatic rings. The molecule has 0 unspecified atom stereocenters. The Labute approximate surface area is 102 Å². The second-order valence-corrected chi connectivity index (χ2v) is 4.61. The monoisotopic (exact) mass is 249 g/mol. The minimum Gasteiger partial charge on any atom is -0.477 e. The quantitative estimate of drug-likeness (QED) is 0.631. The van der Waals surface area contributed by atoms with Crippen molar-refractivity contribution in [2.45, 2.75) is 25.8 Å². The Morgan fingerprint density at radius 2 is 2.33 bits per heavy atom. The zero-order valence-corrected chi connectivity index (χ0v) is 9.50. The number of carbonyl (C=O) groups is 1. The molecule has 0 saturated heterocycles. The molecule has 2 rings (SSSR count). The van der Waals surface area contributed by atoms with Crippen LogP contribution >= 0.6 is 0 Å². The van der Waals surface area contributed by atoms with Gasteiger partial charge in [0, 0.05) is 24.4 Å². The number of nitriles is 1. The van der Waals surface area contributed by atoms with Gasteiger partial charge in [-0.15, -0.1) is 0 Å². The van der Waals surface area contributed by atoms with Crippen LogP contribution in [0.3, 0.4) is 0 Å². The molecule has 7 nitrogen and oxygen atoms in total. The Kier molecular flexibility index (Phi) is 2.79. The van der Waals surface area contributed by atoms with E-state index >= 15 is 0 Å². The Morgan fingerprint density at radius 1 is 1.67 bits per heavy atom. The molecule has 1 aliphatic carbocycles. The predicted molar refractivity (Wildman–Crippen MR) is 59.9 cm³/mol. The first kappa shape index (κ1) is 12.1. The molecule has 1 fully saturated rings. The minimum absolute atomic E-state index is 0.106. The number of aromatic carboxylic acids is 1. The maximum Gasteiger partial charge on any atom is 0.352 e. The van der Waals surface area contributed by atoms with Gasteiger partial charge in [0.15, 0.2) is 0 Å². The van der Waals surface area contributed by atoms with Crippen LogP contribution in [0, 0.1) is 26.9 Å². The SMILES string of the molecule is N#CCC1(Cn2cc([N+](=O)[O-])cc2C(=O)O)CC1. The maximum atomic E-state index is 11.0. The molecule has 0 aromatic carbocycles. The number of carboxylic acid groups (broad SMARTS) is 1. The molecule has 1 aromatic heterocycles. The molecule has 1 saturated carbocycles. The van der Waals surface area contributed by atoms with Crippen LogP contribution in [0.4, 0.5) is 5.69 Å². The molecule has 1 heterocycles. The van der Waals surface area contributed by atoms with Gasteiger partial charge in [-0.3, -0.25) is 10.1 Å². The normalized spacial score (nSPS) is 15.9. The lowest BCUT2D eigenvalue weighted by Crippen LogP contribution is -2.15. The third-order valence-corrected chi connectivity index (χ3v) is 3.23. The van der Waals surface area contributed by atoms with Crippen molar-refractivity contribution >= 4 is 11.7 Å². The Morgan fingerprint density at radius 3 is 2.78 bits per heavy atom. The second kappa shape index (κ2) is 4.14. The Bertz CT molecular complexity index is 551. The first-order valence-electron chi connectivity index (χ1n) is 5.42. The fourth-order valence-electron chi connectivity index (χ4n) is 2.00. The van der Waals surface area contributed by atoms with Gasteiger partial charge in [-0.05, 0) is 12.8 Å². The molecular weight excluding hydrogens is 238 g/mol. The summed E-state index contributed by atoms with van der Waals surface area (Å²) in [5.41, 5.74) is -0.544. The van der Waals surface area contributed by atoms with Crippen LogP contribution in [0.5, 0.6) is 0 Å². The Balaban J connectivity index is 2.29. The van der Waals surface area contributed by atoms with Crippen molar-refractivity contribution < 1.29 is 14.8 Å². The summed E-state index contributed by atoms with van der Waals surface area (Å²) in [5, 5.41) is 28.4. The molecule has 0 atom stereocenters. The highest BCUT2D eigenvalue weighted by Gasteiger charge is 2.43. The molecule has 94 valence electrons. The van der Waals surface area contributed by atoms with Crippen molar-refractivity contribution in [2.24, 2.45) is 5.41 Å². The fraction of sp³-hybridized carbons (Fsp3) is 0.455. The van der Waals surface area contributed by atoms with Crippen LogP contribution in [0.15, 0.2) is 12.3 Å². The summed E-state index contributed by atoms with van der Waals surface area (Å²) >= 11 is 0. The van der Waals surface area contributed by atoms with E-state index in [2.05, 4.69) is 6.07 Å². The van der Waals surface area contributed by atoms with Gasteiger partial charge in [0.2, 0.25) is 0 Å². The average Bonchev–Trinajstić information content (AvgIpc) is 2.89. The third-order valence-electron chi connectivity index (χ3n) is 3.23. The van der Waals surface area contributed by atoms with E-state index in [1.807, 2.05) is 0 Å². The van der Waals surface area contributed by atoms with E-state index in [0.29, 0.717) is 13.0 Å². The molecule has 0 radical (unpaired) electrons. The zero-order valence-electron chi connectivity index (χ0n) is 9.50. The van der Waals surface area contributed by atoms with E-state index in [1.54, 1.807) is 0 Å². The molecule has 0 amide bonds. The summed E-state index contributed by atoms with van der Waals surface area (Å²) in [7, 11) is 0. The van der Waals surface area contributed by atoms with Crippen LogP contribution in [0.25, 0.3) is 0 Å². The van der Waals surface area contributed by atoms with Crippen LogP contribution in [0.2, 0.25) is 0 Å². The van der Waals surface area contributed by atoms with Gasteiger partial charge in [-0.2, -0.15) is 5.26 Å². The lowest BCUT2D eigenvalue weighted by atomic mass is 10.0. The zero-order chi connectivity index (χ0) is 13.3. The van der Waals surface area contributed by atoms with E-state index in [1.165, 1.54) is 10.8 Å². The maximum absolute atomic E-state index is 11.0. The summed E-state index contributed by atoms with van der Waals surface area (Å²) in [6.07, 6.45) is 3.27. The third kappa shape index (κ3) is 2.18. The molecule has 0 aliphatic heterocycles. The largest absolute Gasteiger partial charge is 0.477 e. The molecule has 18 heavy (non-hydrogen) atoms. The summed E-state index contributed by atoms with van der Waals surface area (Å²) in [4.78, 5) is 21.0. The van der Waals surface area contributed by atoms with Crippen molar-refractivity contribution in [3.8, 4) is 6.07 Å². The first-order valence-corrected chi connectivity index (χ1v) is 5.42. The van der Waals surface area contributed by atoms with Crippen LogP contribution in [-0.4, -0.2) is 20.6 Å². The van der Waals surface area contributed by atoms with Crippen molar-refractivity contribution in [3.05, 3.63) is 28.1 Å². The first-order chi connectivity index (χ1) is 8.47. The van der Waals surface area contributed by atoms with Crippen LogP contribution < -0.4 is 0 Å². The smallest absolute Gasteiger partial charge is 0.352 e. The van der Waals surface area contributed by atoms with E-state index in [9.17, 15) is 14.9 Å². The molecule has 1 aromatic rings. The van der Waals surface area contributed by atoms with Gasteiger partial charge >= 0.3 is 5.97 Å². The Hall–Kier alpha value is -2.36. The highest BCUT2D eigenvalue weighted by atomic mass is 16.6. The summed E-state index contributed by atoms with van der Waals surface area (Å²) in [6, 6.07) is 3.12. The lowest BCUT2D eigenvalue weighted by molar-refractivity contribution is -0.384. The lowest BCUT2D eigenvalue weighted by Gasteiger charge is -2.13. The molecular formula is C11H11N3O4. The van der Waals surface area contributed by atoms with Gasteiger partial charge in [-0.1, -0.05) is 0 Å². The molecule has 0 bridgehead atoms. The van der Waals surface area contributed by atoms with Crippen molar-refractivity contribution in [1.82, 2.24) is 4.57 Å². The number of hydrogen-bond donors (Lipinski definition) is 1. The molecule has 0 spiro atoms. The van der Waals surface area contributed by atoms with E-state index in [-0.39, 0.29) is 16.8 Å². The summed E-state index contributed by atoms with van der Waals surface area (Å²) < 4.78 is 1.37. The van der Waals surface area contributed by atoms with Gasteiger partial charge in [0.25, 0.3) is 5.69 Å². The summed E-state index contributed by atoms with van der Waals surface area (Å²) in [6.45, 7) is 0.343. The van der Waals surface area contributed by atoms with Gasteiger partial charge < -0.3 is 9.67 Å². The number of rotatable bonds is 5. The average molecular weight is 249 g/mol. The van der Waals surface area contributed by atoms with Gasteiger partial charge in [0.05, 0.1) is 17.2 Å². The van der Waals surface area contributed by atoms with Gasteiger partial charge in [0.1, 0.15) is 5.69 Å². The highest BCUT2D eigenvalue weighted by molar-refractivity contribution is 5.86. The van der Waals surface area contributed by atoms with E-state index < -0.39 is 10.9 Å². The van der Waals surface area contributed by atoms with Gasteiger partial charge in [-0.25, -0.2) is 4.79 Å². The highest BCUT2D eigenvalue weighted by Crippen LogP contribution is 2.50. The minimum atomic E-state index is -1.20. The number of nitrogens with zero attached hydrogens (tertiary/aromatic N) is 3. The number of hydrogen-bond acceptors (Lipinski definition) is 4. The topological polar surface area (TPSA) is 109 Å². The van der Waals surface area contributed by atoms with Crippen LogP contribution in [0.1, 0.15) is 29.8 Å². The number of carboxylic acids is 1. The standard InChI is InChI=1S/C11H11N3O4/c12-4-3-11(1-2-11)7-13-6-8(14(17)18)5-9(13)10(15)16/h5-6H,1-3,7H2,(H,15,16). The van der Waals surface area contributed by atoms with Crippen molar-refractivity contribution in [1.29, 1.82) is 5.26 Å². The fourth-order valence-corrected chi connectivity index (χ4v) is 2.00. The van der Waals surface area contributed by atoms with Crippen molar-refractivity contribution in [2.75, 3.05) is 0 Å². The van der Waals surface area contributed by atoms with E-state index in [4.69, 9.17) is 10.4 Å². The van der Waals surface area contributed by atoms with E-state index in [0.717, 1.165) is 18.9 Å². The van der Waals surface area contributed by atoms with Crippen LogP contribution in [-0.2, 0) is 6.54 Å². The molecule has 1 N–H and O–H groups in total. The number of aromatic nitrogens is 1. The summed E-state index contributed by atoms with van der Waals surface area (Å²) in [5.74, 6) is -1.20. The predicted octanol–water partition coefficient (Wildman–Crippen LogP) is 1.79.